The van der Waals surface area contributed by atoms with E-state index in [1.807, 2.05) is 0 Å². The molecule has 0 spiro atoms. The molecule has 1 fully saturated rings. The second-order valence-corrected chi connectivity index (χ2v) is 5.81. The van der Waals surface area contributed by atoms with E-state index in [9.17, 15) is 0 Å². The minimum Gasteiger partial charge on any atom is -0.379 e. The normalized spacial score (nSPS) is 16.5. The van der Waals surface area contributed by atoms with Crippen LogP contribution in [0.1, 0.15) is 32.6 Å². The fourth-order valence-electron chi connectivity index (χ4n) is 1.80. The lowest BCUT2D eigenvalue weighted by molar-refractivity contribution is 0.0147. The van der Waals surface area contributed by atoms with Crippen molar-refractivity contribution in [2.45, 2.75) is 38.0 Å². The second kappa shape index (κ2) is 12.8. The van der Waals surface area contributed by atoms with Gasteiger partial charge in [-0.2, -0.15) is 0 Å². The van der Waals surface area contributed by atoms with E-state index in [-0.39, 0.29) is 0 Å². The van der Waals surface area contributed by atoms with Crippen molar-refractivity contribution in [1.82, 2.24) is 5.32 Å². The van der Waals surface area contributed by atoms with Gasteiger partial charge in [-0.3, -0.25) is 0 Å². The maximum atomic E-state index is 6.19. The van der Waals surface area contributed by atoms with E-state index >= 15 is 0 Å². The number of hydrogen-bond acceptors (Lipinski definition) is 4. The second-order valence-electron chi connectivity index (χ2n) is 5.25. The summed E-state index contributed by atoms with van der Waals surface area (Å²) < 4.78 is 16.3. The van der Waals surface area contributed by atoms with E-state index in [0.717, 1.165) is 32.0 Å². The Morgan fingerprint density at radius 1 is 1.00 bits per heavy atom. The van der Waals surface area contributed by atoms with Crippen LogP contribution in [-0.4, -0.2) is 58.1 Å². The van der Waals surface area contributed by atoms with Gasteiger partial charge in [0.15, 0.2) is 0 Å². The van der Waals surface area contributed by atoms with Gasteiger partial charge in [-0.25, -0.2) is 0 Å². The first-order valence-corrected chi connectivity index (χ1v) is 8.36. The minimum absolute atomic E-state index is 0.297. The van der Waals surface area contributed by atoms with Crippen LogP contribution in [0.15, 0.2) is 0 Å². The molecule has 0 aliphatic heterocycles. The van der Waals surface area contributed by atoms with Gasteiger partial charge in [0, 0.05) is 25.1 Å². The first-order valence-electron chi connectivity index (χ1n) is 7.92. The van der Waals surface area contributed by atoms with Gasteiger partial charge >= 0.3 is 0 Å². The molecule has 1 N–H and O–H groups in total. The fraction of sp³-hybridized carbons (Fsp3) is 1.00. The molecule has 120 valence electrons. The van der Waals surface area contributed by atoms with E-state index in [1.54, 1.807) is 0 Å². The zero-order valence-electron chi connectivity index (χ0n) is 12.7. The molecule has 0 aromatic rings. The van der Waals surface area contributed by atoms with Crippen molar-refractivity contribution in [3.63, 3.8) is 0 Å². The van der Waals surface area contributed by atoms with Gasteiger partial charge in [0.05, 0.1) is 33.0 Å². The minimum atomic E-state index is 0.297. The lowest BCUT2D eigenvalue weighted by Gasteiger charge is -2.10. The van der Waals surface area contributed by atoms with E-state index in [4.69, 9.17) is 25.8 Å². The van der Waals surface area contributed by atoms with Gasteiger partial charge in [-0.15, -0.1) is 11.6 Å². The maximum absolute atomic E-state index is 6.19. The maximum Gasteiger partial charge on any atom is 0.0701 e. The number of hydrogen-bond donors (Lipinski definition) is 1. The highest BCUT2D eigenvalue weighted by atomic mass is 35.5. The Morgan fingerprint density at radius 2 is 1.60 bits per heavy atom. The summed E-state index contributed by atoms with van der Waals surface area (Å²) in [6.45, 7) is 8.07. The standard InChI is InChI=1S/C15H30ClNO3/c1-2-3-7-18-9-11-20-12-10-19-8-6-17-13-15(16)14-4-5-14/h14-15,17H,2-13H2,1H3. The molecule has 5 heteroatoms. The number of unbranched alkanes of at least 4 members (excludes halogenated alkanes) is 1. The topological polar surface area (TPSA) is 39.7 Å². The van der Waals surface area contributed by atoms with E-state index in [1.165, 1.54) is 19.3 Å². The third kappa shape index (κ3) is 10.9. The molecule has 1 aliphatic rings. The van der Waals surface area contributed by atoms with Gasteiger partial charge in [0.2, 0.25) is 0 Å². The van der Waals surface area contributed by atoms with Crippen molar-refractivity contribution in [2.75, 3.05) is 52.7 Å². The van der Waals surface area contributed by atoms with Crippen LogP contribution >= 0.6 is 11.6 Å². The summed E-state index contributed by atoms with van der Waals surface area (Å²) in [5, 5.41) is 3.62. The zero-order valence-corrected chi connectivity index (χ0v) is 13.5. The summed E-state index contributed by atoms with van der Waals surface area (Å²) in [5.74, 6) is 0.748. The summed E-state index contributed by atoms with van der Waals surface area (Å²) in [4.78, 5) is 0. The van der Waals surface area contributed by atoms with E-state index in [0.29, 0.717) is 38.4 Å². The molecule has 1 unspecified atom stereocenters. The highest BCUT2D eigenvalue weighted by Crippen LogP contribution is 2.35. The molecule has 4 nitrogen and oxygen atoms in total. The lowest BCUT2D eigenvalue weighted by atomic mass is 10.3. The molecule has 20 heavy (non-hydrogen) atoms. The van der Waals surface area contributed by atoms with Crippen LogP contribution in [0.3, 0.4) is 0 Å². The van der Waals surface area contributed by atoms with Crippen molar-refractivity contribution in [2.24, 2.45) is 5.92 Å². The molecule has 1 saturated carbocycles. The highest BCUT2D eigenvalue weighted by Gasteiger charge is 2.28. The number of ether oxygens (including phenoxy) is 3. The summed E-state index contributed by atoms with van der Waals surface area (Å²) in [5.41, 5.74) is 0. The number of rotatable bonds is 15. The van der Waals surface area contributed by atoms with Crippen LogP contribution in [0.2, 0.25) is 0 Å². The molecule has 0 aromatic heterocycles. The van der Waals surface area contributed by atoms with E-state index < -0.39 is 0 Å². The molecule has 0 aromatic carbocycles. The first-order chi connectivity index (χ1) is 9.84. The van der Waals surface area contributed by atoms with Crippen LogP contribution in [0.5, 0.6) is 0 Å². The summed E-state index contributed by atoms with van der Waals surface area (Å²) in [6.07, 6.45) is 4.89. The van der Waals surface area contributed by atoms with Crippen LogP contribution in [0.25, 0.3) is 0 Å². The molecule has 0 amide bonds. The Bertz CT molecular complexity index is 215. The first kappa shape index (κ1) is 18.2. The van der Waals surface area contributed by atoms with Crippen molar-refractivity contribution < 1.29 is 14.2 Å². The number of nitrogens with one attached hydrogen (secondary N) is 1. The summed E-state index contributed by atoms with van der Waals surface area (Å²) in [6, 6.07) is 0. The highest BCUT2D eigenvalue weighted by molar-refractivity contribution is 6.21. The SMILES string of the molecule is CCCCOCCOCCOCCNCC(Cl)C1CC1. The smallest absolute Gasteiger partial charge is 0.0701 e. The largest absolute Gasteiger partial charge is 0.379 e. The monoisotopic (exact) mass is 307 g/mol. The Balaban J connectivity index is 1.66. The van der Waals surface area contributed by atoms with Crippen LogP contribution in [0, 0.1) is 5.92 Å². The molecule has 1 rings (SSSR count). The molecule has 1 aliphatic carbocycles. The van der Waals surface area contributed by atoms with Crippen molar-refractivity contribution >= 4 is 11.6 Å². The molecule has 0 heterocycles. The summed E-state index contributed by atoms with van der Waals surface area (Å²) in [7, 11) is 0. The Hall–Kier alpha value is 0.130. The molecule has 0 bridgehead atoms. The predicted molar refractivity (Wildman–Crippen MR) is 82.6 cm³/mol. The van der Waals surface area contributed by atoms with Crippen molar-refractivity contribution in [1.29, 1.82) is 0 Å². The van der Waals surface area contributed by atoms with Crippen LogP contribution in [0.4, 0.5) is 0 Å². The third-order valence-electron chi connectivity index (χ3n) is 3.28. The van der Waals surface area contributed by atoms with Gasteiger partial charge in [0.1, 0.15) is 0 Å². The average molecular weight is 308 g/mol. The lowest BCUT2D eigenvalue weighted by Crippen LogP contribution is -2.28. The van der Waals surface area contributed by atoms with Crippen LogP contribution in [-0.2, 0) is 14.2 Å². The quantitative estimate of drug-likeness (QED) is 0.373. The van der Waals surface area contributed by atoms with Crippen LogP contribution < -0.4 is 5.32 Å². The van der Waals surface area contributed by atoms with Crippen molar-refractivity contribution in [3.05, 3.63) is 0 Å². The van der Waals surface area contributed by atoms with Gasteiger partial charge in [0.25, 0.3) is 0 Å². The Morgan fingerprint density at radius 3 is 2.20 bits per heavy atom. The number of alkyl halides is 1. The molecular formula is C15H30ClNO3. The molecule has 1 atom stereocenters. The zero-order chi connectivity index (χ0) is 14.5. The Labute approximate surface area is 128 Å². The Kier molecular flexibility index (Phi) is 11.7. The average Bonchev–Trinajstić information content (AvgIpc) is 3.28. The molecule has 0 radical (unpaired) electrons. The van der Waals surface area contributed by atoms with E-state index in [2.05, 4.69) is 12.2 Å². The van der Waals surface area contributed by atoms with Crippen molar-refractivity contribution in [3.8, 4) is 0 Å². The predicted octanol–water partition coefficient (Wildman–Crippen LogP) is 2.44. The third-order valence-corrected chi connectivity index (χ3v) is 3.79. The summed E-state index contributed by atoms with van der Waals surface area (Å²) >= 11 is 6.19. The molecular weight excluding hydrogens is 278 g/mol. The van der Waals surface area contributed by atoms with Gasteiger partial charge in [-0.1, -0.05) is 13.3 Å². The van der Waals surface area contributed by atoms with Gasteiger partial charge in [-0.05, 0) is 25.2 Å². The fourth-order valence-corrected chi connectivity index (χ4v) is 2.16. The molecule has 0 saturated heterocycles. The van der Waals surface area contributed by atoms with Gasteiger partial charge < -0.3 is 19.5 Å². The number of halogens is 1.